The molecule has 2 rings (SSSR count). The molecular weight excluding hydrogens is 396 g/mol. The molecule has 0 saturated carbocycles. The summed E-state index contributed by atoms with van der Waals surface area (Å²) < 4.78 is 57.9. The van der Waals surface area contributed by atoms with E-state index in [1.165, 1.54) is 0 Å². The molecule has 0 atom stereocenters. The third kappa shape index (κ3) is 5.26. The standard InChI is InChI=1S/C18H17F2NO6S/c1-2-26-15-6-4-3-5-14(15)21-16(22)11-27-17(23)12-7-9-13(10-8-12)28(24,25)18(19)20/h3-10,18H,2,11H2,1H3,(H,21,22). The Kier molecular flexibility index (Phi) is 7.05. The van der Waals surface area contributed by atoms with E-state index in [-0.39, 0.29) is 5.56 Å². The number of carbonyl (C=O) groups is 2. The van der Waals surface area contributed by atoms with Crippen LogP contribution in [-0.2, 0) is 19.4 Å². The minimum absolute atomic E-state index is 0.0873. The number of para-hydroxylation sites is 2. The molecular formula is C18H17F2NO6S. The first-order valence-electron chi connectivity index (χ1n) is 8.06. The van der Waals surface area contributed by atoms with Crippen LogP contribution >= 0.6 is 0 Å². The van der Waals surface area contributed by atoms with Crippen molar-refractivity contribution >= 4 is 27.4 Å². The first-order chi connectivity index (χ1) is 13.3. The van der Waals surface area contributed by atoms with E-state index in [0.29, 0.717) is 18.0 Å². The summed E-state index contributed by atoms with van der Waals surface area (Å²) in [4.78, 5) is 23.3. The van der Waals surface area contributed by atoms with Gasteiger partial charge in [-0.1, -0.05) is 12.1 Å². The minimum Gasteiger partial charge on any atom is -0.492 e. The van der Waals surface area contributed by atoms with Crippen LogP contribution in [0.5, 0.6) is 5.75 Å². The molecule has 2 aromatic carbocycles. The van der Waals surface area contributed by atoms with Gasteiger partial charge in [0.25, 0.3) is 5.91 Å². The van der Waals surface area contributed by atoms with Crippen LogP contribution in [0.4, 0.5) is 14.5 Å². The van der Waals surface area contributed by atoms with E-state index in [1.807, 2.05) is 0 Å². The molecule has 0 fully saturated rings. The second-order valence-electron chi connectivity index (χ2n) is 5.38. The Hall–Kier alpha value is -3.01. The van der Waals surface area contributed by atoms with Crippen LogP contribution in [0.25, 0.3) is 0 Å². The predicted octanol–water partition coefficient (Wildman–Crippen LogP) is 2.88. The zero-order valence-corrected chi connectivity index (χ0v) is 15.5. The van der Waals surface area contributed by atoms with Crippen molar-refractivity contribution in [3.8, 4) is 5.75 Å². The van der Waals surface area contributed by atoms with Gasteiger partial charge in [0.15, 0.2) is 6.61 Å². The zero-order chi connectivity index (χ0) is 20.7. The van der Waals surface area contributed by atoms with Gasteiger partial charge in [-0.05, 0) is 43.3 Å². The van der Waals surface area contributed by atoms with Gasteiger partial charge < -0.3 is 14.8 Å². The van der Waals surface area contributed by atoms with E-state index in [2.05, 4.69) is 5.32 Å². The Balaban J connectivity index is 1.96. The fourth-order valence-corrected chi connectivity index (χ4v) is 2.86. The zero-order valence-electron chi connectivity index (χ0n) is 14.7. The highest BCUT2D eigenvalue weighted by Crippen LogP contribution is 2.23. The summed E-state index contributed by atoms with van der Waals surface area (Å²) in [6, 6.07) is 10.5. The second-order valence-corrected chi connectivity index (χ2v) is 7.30. The minimum atomic E-state index is -4.75. The monoisotopic (exact) mass is 413 g/mol. The van der Waals surface area contributed by atoms with Crippen molar-refractivity contribution in [3.05, 3.63) is 54.1 Å². The number of sulfone groups is 1. The number of alkyl halides is 2. The van der Waals surface area contributed by atoms with Crippen LogP contribution in [0, 0.1) is 0 Å². The first kappa shape index (κ1) is 21.3. The summed E-state index contributed by atoms with van der Waals surface area (Å²) >= 11 is 0. The Labute approximate surface area is 160 Å². The summed E-state index contributed by atoms with van der Waals surface area (Å²) in [6.07, 6.45) is 0. The Morgan fingerprint density at radius 2 is 1.71 bits per heavy atom. The average molecular weight is 413 g/mol. The fraction of sp³-hybridized carbons (Fsp3) is 0.222. The van der Waals surface area contributed by atoms with Gasteiger partial charge in [0, 0.05) is 0 Å². The van der Waals surface area contributed by atoms with Crippen LogP contribution in [0.3, 0.4) is 0 Å². The van der Waals surface area contributed by atoms with Gasteiger partial charge in [0.2, 0.25) is 9.84 Å². The van der Waals surface area contributed by atoms with E-state index >= 15 is 0 Å². The van der Waals surface area contributed by atoms with Crippen LogP contribution in [0.15, 0.2) is 53.4 Å². The number of anilines is 1. The largest absolute Gasteiger partial charge is 0.492 e. The highest BCUT2D eigenvalue weighted by atomic mass is 32.2. The lowest BCUT2D eigenvalue weighted by molar-refractivity contribution is -0.119. The number of carbonyl (C=O) groups excluding carboxylic acids is 2. The van der Waals surface area contributed by atoms with Crippen LogP contribution in [-0.4, -0.2) is 39.3 Å². The summed E-state index contributed by atoms with van der Waals surface area (Å²) in [5.74, 6) is -4.62. The number of rotatable bonds is 8. The molecule has 28 heavy (non-hydrogen) atoms. The van der Waals surface area contributed by atoms with E-state index in [4.69, 9.17) is 9.47 Å². The maximum atomic E-state index is 12.5. The molecule has 0 aliphatic rings. The fourth-order valence-electron chi connectivity index (χ4n) is 2.14. The lowest BCUT2D eigenvalue weighted by Gasteiger charge is -2.11. The molecule has 0 heterocycles. The average Bonchev–Trinajstić information content (AvgIpc) is 2.68. The summed E-state index contributed by atoms with van der Waals surface area (Å²) in [7, 11) is -4.75. The molecule has 0 saturated heterocycles. The molecule has 0 aliphatic carbocycles. The normalized spacial score (nSPS) is 11.1. The van der Waals surface area contributed by atoms with E-state index in [9.17, 15) is 26.8 Å². The first-order valence-corrected chi connectivity index (χ1v) is 9.61. The lowest BCUT2D eigenvalue weighted by atomic mass is 10.2. The molecule has 10 heteroatoms. The van der Waals surface area contributed by atoms with Crippen molar-refractivity contribution in [1.29, 1.82) is 0 Å². The third-order valence-corrected chi connectivity index (χ3v) is 4.85. The van der Waals surface area contributed by atoms with Crippen molar-refractivity contribution in [2.75, 3.05) is 18.5 Å². The number of hydrogen-bond donors (Lipinski definition) is 1. The third-order valence-electron chi connectivity index (χ3n) is 3.45. The van der Waals surface area contributed by atoms with Gasteiger partial charge in [-0.15, -0.1) is 0 Å². The van der Waals surface area contributed by atoms with Gasteiger partial charge in [0.05, 0.1) is 22.8 Å². The number of halogens is 2. The predicted molar refractivity (Wildman–Crippen MR) is 96.2 cm³/mol. The van der Waals surface area contributed by atoms with E-state index in [0.717, 1.165) is 24.3 Å². The lowest BCUT2D eigenvalue weighted by Crippen LogP contribution is -2.21. The van der Waals surface area contributed by atoms with Crippen molar-refractivity contribution in [1.82, 2.24) is 0 Å². The summed E-state index contributed by atoms with van der Waals surface area (Å²) in [6.45, 7) is 1.59. The smallest absolute Gasteiger partial charge is 0.341 e. The van der Waals surface area contributed by atoms with Gasteiger partial charge in [-0.25, -0.2) is 13.2 Å². The molecule has 1 N–H and O–H groups in total. The summed E-state index contributed by atoms with van der Waals surface area (Å²) in [5.41, 5.74) is 0.322. The van der Waals surface area contributed by atoms with Crippen LogP contribution < -0.4 is 10.1 Å². The molecule has 2 aromatic rings. The highest BCUT2D eigenvalue weighted by molar-refractivity contribution is 7.91. The quantitative estimate of drug-likeness (QED) is 0.668. The van der Waals surface area contributed by atoms with Crippen molar-refractivity contribution in [3.63, 3.8) is 0 Å². The molecule has 0 spiro atoms. The molecule has 1 amide bonds. The number of hydrogen-bond acceptors (Lipinski definition) is 6. The second kappa shape index (κ2) is 9.27. The van der Waals surface area contributed by atoms with Crippen LogP contribution in [0.1, 0.15) is 17.3 Å². The van der Waals surface area contributed by atoms with E-state index < -0.39 is 39.0 Å². The van der Waals surface area contributed by atoms with E-state index in [1.54, 1.807) is 31.2 Å². The number of ether oxygens (including phenoxy) is 2. The Morgan fingerprint density at radius 1 is 1.07 bits per heavy atom. The molecule has 0 unspecified atom stereocenters. The molecule has 0 radical (unpaired) electrons. The number of nitrogens with one attached hydrogen (secondary N) is 1. The van der Waals surface area contributed by atoms with Crippen molar-refractivity contribution < 1.29 is 36.3 Å². The molecule has 0 aliphatic heterocycles. The number of benzene rings is 2. The van der Waals surface area contributed by atoms with Gasteiger partial charge in [-0.2, -0.15) is 8.78 Å². The highest BCUT2D eigenvalue weighted by Gasteiger charge is 2.26. The van der Waals surface area contributed by atoms with Crippen molar-refractivity contribution in [2.45, 2.75) is 17.6 Å². The number of esters is 1. The Morgan fingerprint density at radius 3 is 2.32 bits per heavy atom. The maximum Gasteiger partial charge on any atom is 0.341 e. The molecule has 0 bridgehead atoms. The van der Waals surface area contributed by atoms with Crippen LogP contribution in [0.2, 0.25) is 0 Å². The van der Waals surface area contributed by atoms with Gasteiger partial charge >= 0.3 is 11.7 Å². The summed E-state index contributed by atoms with van der Waals surface area (Å²) in [5, 5.41) is 2.54. The molecule has 7 nitrogen and oxygen atoms in total. The molecule has 0 aromatic heterocycles. The number of amides is 1. The molecule has 150 valence electrons. The van der Waals surface area contributed by atoms with Gasteiger partial charge in [0.1, 0.15) is 5.75 Å². The van der Waals surface area contributed by atoms with Crippen molar-refractivity contribution in [2.24, 2.45) is 0 Å². The van der Waals surface area contributed by atoms with Gasteiger partial charge in [-0.3, -0.25) is 4.79 Å². The Bertz CT molecular complexity index is 945. The topological polar surface area (TPSA) is 98.8 Å². The SMILES string of the molecule is CCOc1ccccc1NC(=O)COC(=O)c1ccc(S(=O)(=O)C(F)F)cc1. The maximum absolute atomic E-state index is 12.5.